The number of ketones is 2. The lowest BCUT2D eigenvalue weighted by Crippen LogP contribution is -2.33. The molecular weight excluding hydrogens is 434 g/mol. The predicted molar refractivity (Wildman–Crippen MR) is 116 cm³/mol. The van der Waals surface area contributed by atoms with Crippen LogP contribution in [0.3, 0.4) is 0 Å². The number of benzene rings is 1. The Kier molecular flexibility index (Phi) is 6.52. The highest BCUT2D eigenvalue weighted by Gasteiger charge is 2.38. The number of carbonyl (C=O) groups excluding carboxylic acids is 2. The minimum absolute atomic E-state index is 0.0145. The Bertz CT molecular complexity index is 914. The fourth-order valence-electron chi connectivity index (χ4n) is 4.15. The maximum Gasteiger partial charge on any atom is 0.175 e. The average molecular weight is 462 g/mol. The molecule has 1 aliphatic heterocycles. The van der Waals surface area contributed by atoms with Crippen LogP contribution in [0.25, 0.3) is 0 Å². The van der Waals surface area contributed by atoms with E-state index >= 15 is 0 Å². The lowest BCUT2D eigenvalue weighted by atomic mass is 9.74. The molecule has 1 aromatic carbocycles. The number of dihydropyridines is 1. The van der Waals surface area contributed by atoms with E-state index in [4.69, 9.17) is 9.47 Å². The molecule has 1 atom stereocenters. The lowest BCUT2D eigenvalue weighted by molar-refractivity contribution is -0.116. The predicted octanol–water partition coefficient (Wildman–Crippen LogP) is 5.19. The van der Waals surface area contributed by atoms with Crippen LogP contribution < -0.4 is 14.8 Å². The second-order valence-corrected chi connectivity index (χ2v) is 8.61. The minimum atomic E-state index is -0.403. The molecular formula is C23H28BrNO4. The molecule has 2 aliphatic rings. The summed E-state index contributed by atoms with van der Waals surface area (Å²) in [6, 6.07) is 3.85. The fraction of sp³-hybridized carbons (Fsp3) is 0.478. The van der Waals surface area contributed by atoms with Gasteiger partial charge in [0, 0.05) is 34.9 Å². The van der Waals surface area contributed by atoms with Gasteiger partial charge in [-0.15, -0.1) is 0 Å². The number of Topliss-reactive ketones (excluding diaryl/α,β-unsaturated/α-hetero) is 2. The quantitative estimate of drug-likeness (QED) is 0.630. The second kappa shape index (κ2) is 8.74. The van der Waals surface area contributed by atoms with Crippen molar-refractivity contribution in [3.8, 4) is 11.5 Å². The van der Waals surface area contributed by atoms with Gasteiger partial charge in [-0.1, -0.05) is 0 Å². The molecule has 0 aromatic heterocycles. The van der Waals surface area contributed by atoms with E-state index in [2.05, 4.69) is 21.2 Å². The molecule has 156 valence electrons. The van der Waals surface area contributed by atoms with E-state index in [-0.39, 0.29) is 17.7 Å². The van der Waals surface area contributed by atoms with Gasteiger partial charge in [-0.2, -0.15) is 0 Å². The van der Waals surface area contributed by atoms with Gasteiger partial charge in [-0.05, 0) is 81.1 Å². The van der Waals surface area contributed by atoms with Crippen LogP contribution in [0.5, 0.6) is 11.5 Å². The average Bonchev–Trinajstić information content (AvgIpc) is 2.63. The molecule has 5 nitrogen and oxygen atoms in total. The number of carbonyl (C=O) groups is 2. The lowest BCUT2D eigenvalue weighted by Gasteiger charge is -2.34. The summed E-state index contributed by atoms with van der Waals surface area (Å²) < 4.78 is 12.6. The summed E-state index contributed by atoms with van der Waals surface area (Å²) in [6.07, 6.45) is 2.14. The van der Waals surface area contributed by atoms with Gasteiger partial charge in [0.25, 0.3) is 0 Å². The fourth-order valence-corrected chi connectivity index (χ4v) is 4.70. The van der Waals surface area contributed by atoms with Crippen molar-refractivity contribution in [3.63, 3.8) is 0 Å². The monoisotopic (exact) mass is 461 g/mol. The Morgan fingerprint density at radius 2 is 2.03 bits per heavy atom. The topological polar surface area (TPSA) is 64.6 Å². The molecule has 0 saturated carbocycles. The van der Waals surface area contributed by atoms with E-state index in [0.717, 1.165) is 34.3 Å². The largest absolute Gasteiger partial charge is 0.490 e. The van der Waals surface area contributed by atoms with Crippen LogP contribution in [0.4, 0.5) is 0 Å². The smallest absolute Gasteiger partial charge is 0.175 e. The van der Waals surface area contributed by atoms with Crippen molar-refractivity contribution >= 4 is 27.5 Å². The van der Waals surface area contributed by atoms with Gasteiger partial charge in [0.2, 0.25) is 0 Å². The molecule has 0 amide bonds. The molecule has 1 aliphatic carbocycles. The summed E-state index contributed by atoms with van der Waals surface area (Å²) in [6.45, 7) is 9.78. The first-order chi connectivity index (χ1) is 13.7. The molecule has 1 aromatic rings. The van der Waals surface area contributed by atoms with Gasteiger partial charge in [-0.25, -0.2) is 0 Å². The van der Waals surface area contributed by atoms with Crippen LogP contribution in [-0.2, 0) is 9.59 Å². The van der Waals surface area contributed by atoms with E-state index in [1.807, 2.05) is 39.8 Å². The molecule has 0 bridgehead atoms. The van der Waals surface area contributed by atoms with E-state index in [1.54, 1.807) is 6.92 Å². The van der Waals surface area contributed by atoms with E-state index < -0.39 is 5.92 Å². The Morgan fingerprint density at radius 3 is 2.66 bits per heavy atom. The number of rotatable bonds is 6. The summed E-state index contributed by atoms with van der Waals surface area (Å²) in [5.41, 5.74) is 3.94. The van der Waals surface area contributed by atoms with Gasteiger partial charge in [0.05, 0.1) is 17.2 Å². The van der Waals surface area contributed by atoms with Gasteiger partial charge in [-0.3, -0.25) is 9.59 Å². The normalized spacial score (nSPS) is 19.3. The maximum absolute atomic E-state index is 12.9. The third kappa shape index (κ3) is 4.27. The van der Waals surface area contributed by atoms with Crippen LogP contribution in [0.2, 0.25) is 0 Å². The molecule has 29 heavy (non-hydrogen) atoms. The third-order valence-electron chi connectivity index (χ3n) is 5.17. The molecule has 0 unspecified atom stereocenters. The van der Waals surface area contributed by atoms with Gasteiger partial charge >= 0.3 is 0 Å². The summed E-state index contributed by atoms with van der Waals surface area (Å²) >= 11 is 3.62. The number of nitrogens with one attached hydrogen (secondary N) is 1. The zero-order valence-electron chi connectivity index (χ0n) is 17.6. The Morgan fingerprint density at radius 1 is 1.31 bits per heavy atom. The molecule has 0 fully saturated rings. The highest BCUT2D eigenvalue weighted by atomic mass is 79.9. The number of ether oxygens (including phenoxy) is 2. The Labute approximate surface area is 180 Å². The first-order valence-electron chi connectivity index (χ1n) is 10.1. The van der Waals surface area contributed by atoms with Crippen LogP contribution in [0, 0.1) is 0 Å². The van der Waals surface area contributed by atoms with Crippen molar-refractivity contribution in [2.75, 3.05) is 6.61 Å². The molecule has 0 radical (unpaired) electrons. The highest BCUT2D eigenvalue weighted by Crippen LogP contribution is 2.46. The SMILES string of the molecule is CCOc1cc([C@@H]2C(C(C)=O)=C(C)NC3=C2C(=O)CCC3)cc(Br)c1OC(C)C. The van der Waals surface area contributed by atoms with Crippen LogP contribution >= 0.6 is 15.9 Å². The Balaban J connectivity index is 2.21. The van der Waals surface area contributed by atoms with Crippen LogP contribution in [0.1, 0.15) is 65.4 Å². The molecule has 1 N–H and O–H groups in total. The third-order valence-corrected chi connectivity index (χ3v) is 5.76. The molecule has 0 saturated heterocycles. The molecule has 0 spiro atoms. The molecule has 6 heteroatoms. The van der Waals surface area contributed by atoms with E-state index in [0.29, 0.717) is 35.7 Å². The summed E-state index contributed by atoms with van der Waals surface area (Å²) in [5, 5.41) is 3.32. The first kappa shape index (κ1) is 21.6. The zero-order valence-corrected chi connectivity index (χ0v) is 19.2. The van der Waals surface area contributed by atoms with Gasteiger partial charge in [0.15, 0.2) is 23.1 Å². The minimum Gasteiger partial charge on any atom is -0.490 e. The standard InChI is InChI=1S/C23H28BrNO4/c1-6-28-19-11-15(10-16(24)23(19)29-12(2)3)21-20(14(5)26)13(4)25-17-8-7-9-18(27)22(17)21/h10-12,21,25H,6-9H2,1-5H3/t21-/m1/s1. The zero-order chi connectivity index (χ0) is 21.3. The van der Waals surface area contributed by atoms with E-state index in [9.17, 15) is 9.59 Å². The number of hydrogen-bond acceptors (Lipinski definition) is 5. The number of halogens is 1. The van der Waals surface area contributed by atoms with Crippen molar-refractivity contribution in [1.29, 1.82) is 0 Å². The van der Waals surface area contributed by atoms with Crippen molar-refractivity contribution in [1.82, 2.24) is 5.32 Å². The number of hydrogen-bond donors (Lipinski definition) is 1. The summed E-state index contributed by atoms with van der Waals surface area (Å²) in [4.78, 5) is 25.5. The first-order valence-corrected chi connectivity index (χ1v) is 10.9. The van der Waals surface area contributed by atoms with Crippen molar-refractivity contribution in [2.24, 2.45) is 0 Å². The summed E-state index contributed by atoms with van der Waals surface area (Å²) in [5.74, 6) is 0.900. The maximum atomic E-state index is 12.9. The van der Waals surface area contributed by atoms with Crippen LogP contribution in [-0.4, -0.2) is 24.3 Å². The van der Waals surface area contributed by atoms with Crippen molar-refractivity contribution in [3.05, 3.63) is 44.7 Å². The summed E-state index contributed by atoms with van der Waals surface area (Å²) in [7, 11) is 0. The van der Waals surface area contributed by atoms with Crippen LogP contribution in [0.15, 0.2) is 39.1 Å². The second-order valence-electron chi connectivity index (χ2n) is 7.75. The molecule has 3 rings (SSSR count). The van der Waals surface area contributed by atoms with Crippen molar-refractivity contribution < 1.29 is 19.1 Å². The number of allylic oxidation sites excluding steroid dienone is 4. The molecule has 1 heterocycles. The van der Waals surface area contributed by atoms with Gasteiger partial charge in [0.1, 0.15) is 0 Å². The van der Waals surface area contributed by atoms with E-state index in [1.165, 1.54) is 0 Å². The Hall–Kier alpha value is -2.08. The highest BCUT2D eigenvalue weighted by molar-refractivity contribution is 9.10. The van der Waals surface area contributed by atoms with Crippen molar-refractivity contribution in [2.45, 2.75) is 65.9 Å². The van der Waals surface area contributed by atoms with Gasteiger partial charge < -0.3 is 14.8 Å².